The number of ketones is 1. The number of hydrogen-bond donors (Lipinski definition) is 0. The first-order valence-corrected chi connectivity index (χ1v) is 14.8. The summed E-state index contributed by atoms with van der Waals surface area (Å²) in [5.74, 6) is -2.06. The van der Waals surface area contributed by atoms with Gasteiger partial charge in [0.25, 0.3) is 23.4 Å². The highest BCUT2D eigenvalue weighted by Gasteiger charge is 2.68. The monoisotopic (exact) mass is 631 g/mol. The molecule has 222 valence electrons. The Morgan fingerprint density at radius 2 is 1.45 bits per heavy atom. The largest absolute Gasteiger partial charge is 0.457 e. The van der Waals surface area contributed by atoms with Gasteiger partial charge in [0, 0.05) is 22.7 Å². The molecule has 1 heterocycles. The van der Waals surface area contributed by atoms with Gasteiger partial charge in [-0.2, -0.15) is 5.01 Å². The zero-order chi connectivity index (χ0) is 30.9. The van der Waals surface area contributed by atoms with Crippen LogP contribution < -0.4 is 4.74 Å². The Balaban J connectivity index is 1.15. The highest BCUT2D eigenvalue weighted by molar-refractivity contribution is 6.36. The zero-order valence-corrected chi connectivity index (χ0v) is 24.4. The van der Waals surface area contributed by atoms with Gasteiger partial charge in [0.15, 0.2) is 5.78 Å². The first kappa shape index (κ1) is 28.2. The van der Waals surface area contributed by atoms with Crippen molar-refractivity contribution in [1.82, 2.24) is 10.0 Å². The van der Waals surface area contributed by atoms with E-state index in [9.17, 15) is 29.3 Å². The van der Waals surface area contributed by atoms with Crippen molar-refractivity contribution in [3.05, 3.63) is 110 Å². The van der Waals surface area contributed by atoms with Gasteiger partial charge in [-0.15, -0.1) is 0 Å². The van der Waals surface area contributed by atoms with E-state index in [1.54, 1.807) is 0 Å². The van der Waals surface area contributed by atoms with E-state index in [2.05, 4.69) is 0 Å². The van der Waals surface area contributed by atoms with Crippen LogP contribution in [0.5, 0.6) is 11.5 Å². The molecule has 44 heavy (non-hydrogen) atoms. The van der Waals surface area contributed by atoms with Gasteiger partial charge in [-0.3, -0.25) is 29.3 Å². The standard InChI is InChI=1S/C32H23Cl2N3O7/c33-17-3-10-23(26(34)13-17)30(39)35(36-31(40)28-21-11-12-22(25-14-24(21)25)29(28)32(36)41)15-27(38)16-1-6-19(7-2-16)44-20-8-4-18(5-9-20)37(42)43/h1-13,21-22,24-25,28-29H,14-15H2/t21-,22-,24-,25-,28+,29+/m0/s1. The minimum atomic E-state index is -0.774. The van der Waals surface area contributed by atoms with Gasteiger partial charge in [0.1, 0.15) is 18.0 Å². The van der Waals surface area contributed by atoms with Crippen molar-refractivity contribution in [2.24, 2.45) is 35.5 Å². The number of imide groups is 1. The molecule has 12 heteroatoms. The average molecular weight is 632 g/mol. The predicted molar refractivity (Wildman–Crippen MR) is 158 cm³/mol. The molecule has 4 aliphatic carbocycles. The number of hydrogen-bond acceptors (Lipinski definition) is 7. The molecule has 5 aliphatic rings. The van der Waals surface area contributed by atoms with E-state index < -0.39 is 46.8 Å². The molecule has 1 aliphatic heterocycles. The smallest absolute Gasteiger partial charge is 0.274 e. The van der Waals surface area contributed by atoms with E-state index in [0.717, 1.165) is 16.4 Å². The third-order valence-electron chi connectivity index (χ3n) is 9.03. The summed E-state index contributed by atoms with van der Waals surface area (Å²) in [6.45, 7) is -0.590. The summed E-state index contributed by atoms with van der Waals surface area (Å²) in [7, 11) is 0. The van der Waals surface area contributed by atoms with Gasteiger partial charge in [-0.05, 0) is 84.7 Å². The fraction of sp³-hybridized carbons (Fsp3) is 0.250. The number of ether oxygens (including phenoxy) is 1. The molecule has 3 aromatic rings. The molecule has 3 amide bonds. The first-order valence-electron chi connectivity index (χ1n) is 14.0. The number of hydrazine groups is 1. The summed E-state index contributed by atoms with van der Waals surface area (Å²) in [5.41, 5.74) is 0.128. The molecule has 6 atom stereocenters. The van der Waals surface area contributed by atoms with E-state index in [4.69, 9.17) is 27.9 Å². The third kappa shape index (κ3) is 4.65. The Morgan fingerprint density at radius 1 is 0.886 bits per heavy atom. The number of carbonyl (C=O) groups is 4. The maximum atomic E-state index is 13.9. The van der Waals surface area contributed by atoms with Gasteiger partial charge < -0.3 is 4.74 Å². The fourth-order valence-corrected chi connectivity index (χ4v) is 7.41. The van der Waals surface area contributed by atoms with Crippen LogP contribution in [0.4, 0.5) is 5.69 Å². The minimum Gasteiger partial charge on any atom is -0.457 e. The molecule has 0 N–H and O–H groups in total. The second kappa shape index (κ2) is 10.6. The van der Waals surface area contributed by atoms with Crippen LogP contribution in [-0.4, -0.2) is 45.0 Å². The molecule has 0 aromatic heterocycles. The number of non-ortho nitro benzene ring substituents is 1. The number of rotatable bonds is 8. The number of halogens is 2. The zero-order valence-electron chi connectivity index (χ0n) is 22.8. The van der Waals surface area contributed by atoms with E-state index in [-0.39, 0.29) is 33.7 Å². The molecule has 3 fully saturated rings. The van der Waals surface area contributed by atoms with E-state index in [1.807, 2.05) is 12.2 Å². The molecule has 1 saturated heterocycles. The summed E-state index contributed by atoms with van der Waals surface area (Å²) in [5, 5.41) is 13.0. The van der Waals surface area contributed by atoms with Crippen molar-refractivity contribution in [3.8, 4) is 11.5 Å². The van der Waals surface area contributed by atoms with Crippen LogP contribution in [0.25, 0.3) is 0 Å². The molecule has 0 spiro atoms. The average Bonchev–Trinajstić information content (AvgIpc) is 3.79. The third-order valence-corrected chi connectivity index (χ3v) is 9.58. The highest BCUT2D eigenvalue weighted by Crippen LogP contribution is 2.65. The molecule has 10 nitrogen and oxygen atoms in total. The van der Waals surface area contributed by atoms with Crippen LogP contribution in [-0.2, 0) is 9.59 Å². The van der Waals surface area contributed by atoms with Crippen molar-refractivity contribution in [2.75, 3.05) is 6.54 Å². The van der Waals surface area contributed by atoms with E-state index >= 15 is 0 Å². The molecule has 0 unspecified atom stereocenters. The lowest BCUT2D eigenvalue weighted by Gasteiger charge is -2.37. The molecule has 8 rings (SSSR count). The van der Waals surface area contributed by atoms with Crippen LogP contribution in [0.15, 0.2) is 78.9 Å². The van der Waals surface area contributed by atoms with Gasteiger partial charge in [0.05, 0.1) is 27.3 Å². The number of Topliss-reactive ketones (excluding diaryl/α,β-unsaturated/α-hetero) is 1. The van der Waals surface area contributed by atoms with Gasteiger partial charge in [0.2, 0.25) is 0 Å². The van der Waals surface area contributed by atoms with Gasteiger partial charge in [-0.25, -0.2) is 5.01 Å². The number of nitro benzene ring substituents is 1. The highest BCUT2D eigenvalue weighted by atomic mass is 35.5. The fourth-order valence-electron chi connectivity index (χ4n) is 6.92. The first-order chi connectivity index (χ1) is 21.1. The number of carbonyl (C=O) groups excluding carboxylic acids is 4. The Morgan fingerprint density at radius 3 is 2.00 bits per heavy atom. The Kier molecular flexibility index (Phi) is 6.78. The normalized spacial score (nSPS) is 25.8. The van der Waals surface area contributed by atoms with Crippen LogP contribution in [0.1, 0.15) is 27.1 Å². The molecule has 2 saturated carbocycles. The minimum absolute atomic E-state index is 0.00451. The maximum Gasteiger partial charge on any atom is 0.274 e. The van der Waals surface area contributed by atoms with Crippen LogP contribution in [0.2, 0.25) is 10.0 Å². The SMILES string of the molecule is O=C(CN(C(=O)c1ccc(Cl)cc1Cl)N1C(=O)[C@@H]2[C@H]3C=C[C@@H]([C@@H]4C[C@@H]34)[C@H]2C1=O)c1ccc(Oc2ccc([N+](=O)[O-])cc2)cc1. The molecule has 0 radical (unpaired) electrons. The second-order valence-electron chi connectivity index (χ2n) is 11.4. The number of nitro groups is 1. The Bertz CT molecular complexity index is 1740. The number of benzene rings is 3. The van der Waals surface area contributed by atoms with Crippen molar-refractivity contribution in [3.63, 3.8) is 0 Å². The summed E-state index contributed by atoms with van der Waals surface area (Å²) in [4.78, 5) is 65.6. The quantitative estimate of drug-likeness (QED) is 0.0982. The maximum absolute atomic E-state index is 13.9. The second-order valence-corrected chi connectivity index (χ2v) is 12.3. The molecule has 2 bridgehead atoms. The summed E-state index contributed by atoms with van der Waals surface area (Å²) in [6.07, 6.45) is 5.05. The Labute approximate surface area is 260 Å². The number of allylic oxidation sites excluding steroid dienone is 2. The van der Waals surface area contributed by atoms with Crippen molar-refractivity contribution < 1.29 is 28.8 Å². The lowest BCUT2D eigenvalue weighted by Crippen LogP contribution is -2.52. The molecule has 3 aromatic carbocycles. The van der Waals surface area contributed by atoms with Crippen LogP contribution in [0, 0.1) is 45.6 Å². The van der Waals surface area contributed by atoms with Crippen molar-refractivity contribution in [1.29, 1.82) is 0 Å². The van der Waals surface area contributed by atoms with Gasteiger partial charge in [-0.1, -0.05) is 35.4 Å². The summed E-state index contributed by atoms with van der Waals surface area (Å²) < 4.78 is 5.72. The van der Waals surface area contributed by atoms with Crippen LogP contribution >= 0.6 is 23.2 Å². The Hall–Kier alpha value is -4.54. The lowest BCUT2D eigenvalue weighted by atomic mass is 9.63. The van der Waals surface area contributed by atoms with Crippen LogP contribution in [0.3, 0.4) is 0 Å². The lowest BCUT2D eigenvalue weighted by molar-refractivity contribution is -0.384. The molecular weight excluding hydrogens is 609 g/mol. The molecular formula is C32H23Cl2N3O7. The predicted octanol–water partition coefficient (Wildman–Crippen LogP) is 5.99. The van der Waals surface area contributed by atoms with Gasteiger partial charge >= 0.3 is 0 Å². The summed E-state index contributed by atoms with van der Waals surface area (Å²) in [6, 6.07) is 15.8. The van der Waals surface area contributed by atoms with E-state index in [1.165, 1.54) is 66.7 Å². The summed E-state index contributed by atoms with van der Waals surface area (Å²) >= 11 is 12.4. The van der Waals surface area contributed by atoms with Crippen molar-refractivity contribution >= 4 is 52.4 Å². The number of amides is 3. The van der Waals surface area contributed by atoms with Crippen molar-refractivity contribution in [2.45, 2.75) is 6.42 Å². The van der Waals surface area contributed by atoms with E-state index in [0.29, 0.717) is 28.4 Å². The topological polar surface area (TPSA) is 127 Å². The number of nitrogens with zero attached hydrogens (tertiary/aromatic N) is 3.